The molecule has 0 amide bonds. The molecule has 0 bridgehead atoms. The van der Waals surface area contributed by atoms with E-state index in [0.29, 0.717) is 0 Å². The molecular formula is C13H20N6. The van der Waals surface area contributed by atoms with Crippen LogP contribution in [-0.4, -0.2) is 32.6 Å². The Morgan fingerprint density at radius 1 is 1.16 bits per heavy atom. The standard InChI is InChI=1S/C13H20N6/c1-2-4-15-12-9-13(18-10-17-12)16-5-3-7-19-8-6-14-11-19/h6,8-11H,2-5,7H2,1H3,(H2,15,16,17,18). The molecule has 0 radical (unpaired) electrons. The first-order valence-corrected chi connectivity index (χ1v) is 6.64. The van der Waals surface area contributed by atoms with E-state index in [1.54, 1.807) is 12.5 Å². The van der Waals surface area contributed by atoms with Gasteiger partial charge in [-0.25, -0.2) is 15.0 Å². The third kappa shape index (κ3) is 4.57. The van der Waals surface area contributed by atoms with Gasteiger partial charge in [0, 0.05) is 38.1 Å². The average molecular weight is 260 g/mol. The van der Waals surface area contributed by atoms with Crippen molar-refractivity contribution in [3.63, 3.8) is 0 Å². The fourth-order valence-electron chi connectivity index (χ4n) is 1.70. The Hall–Kier alpha value is -2.11. The summed E-state index contributed by atoms with van der Waals surface area (Å²) in [4.78, 5) is 12.4. The van der Waals surface area contributed by atoms with Gasteiger partial charge in [0.25, 0.3) is 0 Å². The molecule has 0 atom stereocenters. The summed E-state index contributed by atoms with van der Waals surface area (Å²) in [5.41, 5.74) is 0. The Morgan fingerprint density at radius 3 is 2.63 bits per heavy atom. The predicted octanol–water partition coefficient (Wildman–Crippen LogP) is 2.00. The molecule has 102 valence electrons. The van der Waals surface area contributed by atoms with E-state index >= 15 is 0 Å². The van der Waals surface area contributed by atoms with E-state index in [9.17, 15) is 0 Å². The molecule has 2 aromatic rings. The second-order valence-electron chi connectivity index (χ2n) is 4.30. The molecule has 6 nitrogen and oxygen atoms in total. The fourth-order valence-corrected chi connectivity index (χ4v) is 1.70. The molecule has 2 rings (SSSR count). The number of hydrogen-bond acceptors (Lipinski definition) is 5. The molecule has 0 fully saturated rings. The van der Waals surface area contributed by atoms with Gasteiger partial charge in [-0.3, -0.25) is 0 Å². The van der Waals surface area contributed by atoms with E-state index in [0.717, 1.165) is 44.1 Å². The lowest BCUT2D eigenvalue weighted by Crippen LogP contribution is -2.08. The summed E-state index contributed by atoms with van der Waals surface area (Å²) in [5, 5.41) is 6.54. The van der Waals surface area contributed by atoms with E-state index in [1.165, 1.54) is 0 Å². The number of nitrogens with zero attached hydrogens (tertiary/aromatic N) is 4. The van der Waals surface area contributed by atoms with E-state index in [-0.39, 0.29) is 0 Å². The maximum Gasteiger partial charge on any atom is 0.131 e. The van der Waals surface area contributed by atoms with Crippen LogP contribution in [0.4, 0.5) is 11.6 Å². The molecule has 0 saturated heterocycles. The number of rotatable bonds is 8. The number of hydrogen-bond donors (Lipinski definition) is 2. The van der Waals surface area contributed by atoms with E-state index in [2.05, 4.69) is 37.1 Å². The van der Waals surface area contributed by atoms with Gasteiger partial charge in [-0.1, -0.05) is 6.92 Å². The summed E-state index contributed by atoms with van der Waals surface area (Å²) < 4.78 is 2.07. The zero-order valence-electron chi connectivity index (χ0n) is 11.2. The minimum atomic E-state index is 0.860. The van der Waals surface area contributed by atoms with E-state index in [1.807, 2.05) is 18.6 Å². The lowest BCUT2D eigenvalue weighted by molar-refractivity contribution is 0.660. The number of aromatic nitrogens is 4. The predicted molar refractivity (Wildman–Crippen MR) is 76.1 cm³/mol. The Kier molecular flexibility index (Phi) is 5.16. The molecule has 2 aromatic heterocycles. The van der Waals surface area contributed by atoms with Crippen molar-refractivity contribution >= 4 is 11.6 Å². The molecule has 2 N–H and O–H groups in total. The minimum absolute atomic E-state index is 0.860. The summed E-state index contributed by atoms with van der Waals surface area (Å²) in [6.07, 6.45) is 9.28. The van der Waals surface area contributed by atoms with Crippen LogP contribution in [0.15, 0.2) is 31.1 Å². The quantitative estimate of drug-likeness (QED) is 0.711. The van der Waals surface area contributed by atoms with Crippen molar-refractivity contribution in [3.05, 3.63) is 31.1 Å². The monoisotopic (exact) mass is 260 g/mol. The van der Waals surface area contributed by atoms with E-state index < -0.39 is 0 Å². The maximum absolute atomic E-state index is 4.20. The Labute approximate surface area is 113 Å². The van der Waals surface area contributed by atoms with Crippen LogP contribution in [0, 0.1) is 0 Å². The molecule has 0 aliphatic rings. The van der Waals surface area contributed by atoms with Crippen LogP contribution < -0.4 is 10.6 Å². The lowest BCUT2D eigenvalue weighted by Gasteiger charge is -2.08. The van der Waals surface area contributed by atoms with Gasteiger partial charge in [0.1, 0.15) is 18.0 Å². The van der Waals surface area contributed by atoms with Crippen molar-refractivity contribution < 1.29 is 0 Å². The highest BCUT2D eigenvalue weighted by molar-refractivity contribution is 5.46. The van der Waals surface area contributed by atoms with Crippen molar-refractivity contribution in [2.24, 2.45) is 0 Å². The Bertz CT molecular complexity index is 468. The van der Waals surface area contributed by atoms with Gasteiger partial charge in [-0.15, -0.1) is 0 Å². The van der Waals surface area contributed by atoms with Gasteiger partial charge < -0.3 is 15.2 Å². The second-order valence-corrected chi connectivity index (χ2v) is 4.30. The molecule has 6 heteroatoms. The molecular weight excluding hydrogens is 240 g/mol. The third-order valence-electron chi connectivity index (χ3n) is 2.68. The largest absolute Gasteiger partial charge is 0.370 e. The van der Waals surface area contributed by atoms with Gasteiger partial charge in [-0.05, 0) is 12.8 Å². The van der Waals surface area contributed by atoms with Crippen LogP contribution in [-0.2, 0) is 6.54 Å². The summed E-state index contributed by atoms with van der Waals surface area (Å²) in [6.45, 7) is 4.89. The van der Waals surface area contributed by atoms with Gasteiger partial charge >= 0.3 is 0 Å². The van der Waals surface area contributed by atoms with Gasteiger partial charge in [0.15, 0.2) is 0 Å². The topological polar surface area (TPSA) is 67.7 Å². The molecule has 0 unspecified atom stereocenters. The SMILES string of the molecule is CCCNc1cc(NCCCn2ccnc2)ncn1. The fraction of sp³-hybridized carbons (Fsp3) is 0.462. The molecule has 0 aliphatic carbocycles. The molecule has 19 heavy (non-hydrogen) atoms. The highest BCUT2D eigenvalue weighted by Crippen LogP contribution is 2.08. The van der Waals surface area contributed by atoms with Crippen molar-refractivity contribution in [2.45, 2.75) is 26.3 Å². The number of nitrogens with one attached hydrogen (secondary N) is 2. The normalized spacial score (nSPS) is 10.4. The average Bonchev–Trinajstić information content (AvgIpc) is 2.95. The first-order valence-electron chi connectivity index (χ1n) is 6.64. The maximum atomic E-state index is 4.20. The van der Waals surface area contributed by atoms with Crippen LogP contribution in [0.1, 0.15) is 19.8 Å². The smallest absolute Gasteiger partial charge is 0.131 e. The second kappa shape index (κ2) is 7.35. The van der Waals surface area contributed by atoms with Crippen molar-refractivity contribution in [1.82, 2.24) is 19.5 Å². The molecule has 0 saturated carbocycles. The molecule has 2 heterocycles. The highest BCUT2D eigenvalue weighted by Gasteiger charge is 1.97. The van der Waals surface area contributed by atoms with Crippen LogP contribution in [0.3, 0.4) is 0 Å². The summed E-state index contributed by atoms with van der Waals surface area (Å²) in [6, 6.07) is 1.94. The Morgan fingerprint density at radius 2 is 1.95 bits per heavy atom. The van der Waals surface area contributed by atoms with Crippen LogP contribution in [0.25, 0.3) is 0 Å². The van der Waals surface area contributed by atoms with Gasteiger partial charge in [0.2, 0.25) is 0 Å². The van der Waals surface area contributed by atoms with Crippen molar-refractivity contribution in [1.29, 1.82) is 0 Å². The van der Waals surface area contributed by atoms with Crippen LogP contribution in [0.5, 0.6) is 0 Å². The van der Waals surface area contributed by atoms with Crippen molar-refractivity contribution in [2.75, 3.05) is 23.7 Å². The zero-order chi connectivity index (χ0) is 13.3. The number of aryl methyl sites for hydroxylation is 1. The number of anilines is 2. The van der Waals surface area contributed by atoms with Gasteiger partial charge in [-0.2, -0.15) is 0 Å². The van der Waals surface area contributed by atoms with E-state index in [4.69, 9.17) is 0 Å². The van der Waals surface area contributed by atoms with Crippen LogP contribution >= 0.6 is 0 Å². The van der Waals surface area contributed by atoms with Crippen LogP contribution in [0.2, 0.25) is 0 Å². The molecule has 0 aliphatic heterocycles. The molecule has 0 aromatic carbocycles. The Balaban J connectivity index is 1.73. The lowest BCUT2D eigenvalue weighted by atomic mass is 10.4. The zero-order valence-corrected chi connectivity index (χ0v) is 11.2. The first kappa shape index (κ1) is 13.3. The summed E-state index contributed by atoms with van der Waals surface area (Å²) in [5.74, 6) is 1.73. The summed E-state index contributed by atoms with van der Waals surface area (Å²) >= 11 is 0. The minimum Gasteiger partial charge on any atom is -0.370 e. The highest BCUT2D eigenvalue weighted by atomic mass is 15.1. The van der Waals surface area contributed by atoms with Crippen molar-refractivity contribution in [3.8, 4) is 0 Å². The number of imidazole rings is 1. The van der Waals surface area contributed by atoms with Gasteiger partial charge in [0.05, 0.1) is 6.33 Å². The summed E-state index contributed by atoms with van der Waals surface area (Å²) in [7, 11) is 0. The molecule has 0 spiro atoms. The first-order chi connectivity index (χ1) is 9.38. The third-order valence-corrected chi connectivity index (χ3v) is 2.68.